The predicted molar refractivity (Wildman–Crippen MR) is 101 cm³/mol. The first-order chi connectivity index (χ1) is 12.9. The maximum Gasteiger partial charge on any atom is 0.237 e. The molecule has 1 aliphatic carbocycles. The topological polar surface area (TPSA) is 74.8 Å². The Morgan fingerprint density at radius 1 is 1.11 bits per heavy atom. The van der Waals surface area contributed by atoms with Crippen LogP contribution in [0.4, 0.5) is 0 Å². The van der Waals surface area contributed by atoms with E-state index < -0.39 is 15.3 Å². The third-order valence-corrected chi connectivity index (χ3v) is 8.08. The quantitative estimate of drug-likeness (QED) is 0.719. The van der Waals surface area contributed by atoms with Gasteiger partial charge in [-0.3, -0.25) is 19.4 Å². The number of amides is 2. The number of hydrogen-bond donors (Lipinski definition) is 0. The molecule has 1 unspecified atom stereocenters. The van der Waals surface area contributed by atoms with E-state index in [-0.39, 0.29) is 36.0 Å². The first-order valence-electron chi connectivity index (χ1n) is 9.72. The van der Waals surface area contributed by atoms with Gasteiger partial charge in [0, 0.05) is 19.0 Å². The van der Waals surface area contributed by atoms with Crippen LogP contribution in [0, 0.1) is 5.41 Å². The maximum absolute atomic E-state index is 13.0. The van der Waals surface area contributed by atoms with E-state index in [1.165, 1.54) is 4.90 Å². The fourth-order valence-corrected chi connectivity index (χ4v) is 6.56. The molecule has 27 heavy (non-hydrogen) atoms. The molecule has 1 saturated carbocycles. The molecule has 0 radical (unpaired) electrons. The lowest BCUT2D eigenvalue weighted by Crippen LogP contribution is -2.47. The van der Waals surface area contributed by atoms with E-state index in [1.807, 2.05) is 35.2 Å². The van der Waals surface area contributed by atoms with Gasteiger partial charge >= 0.3 is 0 Å². The van der Waals surface area contributed by atoms with E-state index in [0.717, 1.165) is 31.2 Å². The van der Waals surface area contributed by atoms with Gasteiger partial charge in [0.15, 0.2) is 9.84 Å². The highest BCUT2D eigenvalue weighted by Crippen LogP contribution is 2.47. The molecule has 146 valence electrons. The van der Waals surface area contributed by atoms with Gasteiger partial charge in [-0.05, 0) is 24.8 Å². The second-order valence-corrected chi connectivity index (χ2v) is 10.5. The molecule has 0 bridgehead atoms. The average Bonchev–Trinajstić information content (AvgIpc) is 3.30. The zero-order valence-electron chi connectivity index (χ0n) is 15.5. The highest BCUT2D eigenvalue weighted by Gasteiger charge is 2.53. The van der Waals surface area contributed by atoms with Gasteiger partial charge in [0.2, 0.25) is 11.8 Å². The normalized spacial score (nSPS) is 26.6. The van der Waals surface area contributed by atoms with Crippen LogP contribution in [0.15, 0.2) is 30.3 Å². The van der Waals surface area contributed by atoms with Gasteiger partial charge in [0.25, 0.3) is 0 Å². The lowest BCUT2D eigenvalue weighted by molar-refractivity contribution is -0.144. The number of carbonyl (C=O) groups excluding carboxylic acids is 2. The smallest absolute Gasteiger partial charge is 0.237 e. The molecule has 7 heteroatoms. The summed E-state index contributed by atoms with van der Waals surface area (Å²) in [4.78, 5) is 29.1. The fourth-order valence-electron chi connectivity index (χ4n) is 4.80. The van der Waals surface area contributed by atoms with E-state index in [9.17, 15) is 18.0 Å². The second-order valence-electron chi connectivity index (χ2n) is 8.22. The molecule has 2 aliphatic heterocycles. The molecule has 3 aliphatic rings. The molecule has 3 fully saturated rings. The van der Waals surface area contributed by atoms with E-state index in [2.05, 4.69) is 0 Å². The van der Waals surface area contributed by atoms with Crippen molar-refractivity contribution in [2.45, 2.75) is 51.1 Å². The standard InChI is InChI=1S/C20H26N2O4S/c23-18-12-20(9-4-5-10-20)19(24)22(18)15-21(13-16-6-2-1-3-7-16)17-8-11-27(25,26)14-17/h1-3,6-7,17H,4-5,8-15H2. The molecule has 1 aromatic rings. The highest BCUT2D eigenvalue weighted by molar-refractivity contribution is 7.91. The summed E-state index contributed by atoms with van der Waals surface area (Å²) in [6.07, 6.45) is 4.46. The van der Waals surface area contributed by atoms with Crippen molar-refractivity contribution in [2.24, 2.45) is 5.41 Å². The first kappa shape index (κ1) is 18.6. The largest absolute Gasteiger partial charge is 0.277 e. The molecule has 2 amide bonds. The molecule has 0 aromatic heterocycles. The van der Waals surface area contributed by atoms with Crippen LogP contribution in [-0.4, -0.2) is 54.2 Å². The number of rotatable bonds is 5. The van der Waals surface area contributed by atoms with Crippen molar-refractivity contribution in [3.63, 3.8) is 0 Å². The van der Waals surface area contributed by atoms with Gasteiger partial charge in [-0.2, -0.15) is 0 Å². The number of hydrogen-bond acceptors (Lipinski definition) is 5. The molecular formula is C20H26N2O4S. The number of nitrogens with zero attached hydrogens (tertiary/aromatic N) is 2. The van der Waals surface area contributed by atoms with Crippen molar-refractivity contribution >= 4 is 21.7 Å². The minimum absolute atomic E-state index is 0.0519. The number of likely N-dealkylation sites (tertiary alicyclic amines) is 1. The summed E-state index contributed by atoms with van der Waals surface area (Å²) in [5.41, 5.74) is 0.563. The van der Waals surface area contributed by atoms with E-state index in [0.29, 0.717) is 19.4 Å². The van der Waals surface area contributed by atoms with Crippen LogP contribution in [0.25, 0.3) is 0 Å². The SMILES string of the molecule is O=C1CC2(CCCC2)C(=O)N1CN(Cc1ccccc1)C1CCS(=O)(=O)C1. The summed E-state index contributed by atoms with van der Waals surface area (Å²) >= 11 is 0. The van der Waals surface area contributed by atoms with Gasteiger partial charge in [0.05, 0.1) is 23.6 Å². The predicted octanol–water partition coefficient (Wildman–Crippen LogP) is 1.95. The number of imide groups is 1. The second kappa shape index (κ2) is 7.02. The zero-order valence-corrected chi connectivity index (χ0v) is 16.3. The van der Waals surface area contributed by atoms with Gasteiger partial charge in [0.1, 0.15) is 0 Å². The minimum atomic E-state index is -3.05. The lowest BCUT2D eigenvalue weighted by atomic mass is 9.85. The molecule has 6 nitrogen and oxygen atoms in total. The maximum atomic E-state index is 13.0. The van der Waals surface area contributed by atoms with E-state index >= 15 is 0 Å². The van der Waals surface area contributed by atoms with Crippen LogP contribution in [0.5, 0.6) is 0 Å². The molecule has 1 atom stereocenters. The fraction of sp³-hybridized carbons (Fsp3) is 0.600. The van der Waals surface area contributed by atoms with Gasteiger partial charge in [-0.1, -0.05) is 43.2 Å². The van der Waals surface area contributed by atoms with Gasteiger partial charge in [-0.25, -0.2) is 8.42 Å². The monoisotopic (exact) mass is 390 g/mol. The molecular weight excluding hydrogens is 364 g/mol. The summed E-state index contributed by atoms with van der Waals surface area (Å²) in [5.74, 6) is 0.112. The Hall–Kier alpha value is -1.73. The first-order valence-corrected chi connectivity index (χ1v) is 11.5. The summed E-state index contributed by atoms with van der Waals surface area (Å²) in [6.45, 7) is 0.722. The number of carbonyl (C=O) groups is 2. The average molecular weight is 391 g/mol. The van der Waals surface area contributed by atoms with E-state index in [4.69, 9.17) is 0 Å². The molecule has 0 N–H and O–H groups in total. The third kappa shape index (κ3) is 3.67. The summed E-state index contributed by atoms with van der Waals surface area (Å²) in [7, 11) is -3.05. The summed E-state index contributed by atoms with van der Waals surface area (Å²) < 4.78 is 24.0. The summed E-state index contributed by atoms with van der Waals surface area (Å²) in [6, 6.07) is 9.64. The van der Waals surface area contributed by atoms with Crippen molar-refractivity contribution in [3.05, 3.63) is 35.9 Å². The zero-order chi connectivity index (χ0) is 19.1. The Morgan fingerprint density at radius 2 is 1.81 bits per heavy atom. The van der Waals surface area contributed by atoms with E-state index in [1.54, 1.807) is 0 Å². The van der Waals surface area contributed by atoms with Crippen LogP contribution >= 0.6 is 0 Å². The van der Waals surface area contributed by atoms with Crippen molar-refractivity contribution in [1.82, 2.24) is 9.80 Å². The Kier molecular flexibility index (Phi) is 4.84. The van der Waals surface area contributed by atoms with Crippen LogP contribution in [-0.2, 0) is 26.0 Å². The number of benzene rings is 1. The Bertz CT molecular complexity index is 831. The molecule has 4 rings (SSSR count). The van der Waals surface area contributed by atoms with Gasteiger partial charge in [-0.15, -0.1) is 0 Å². The van der Waals surface area contributed by atoms with Crippen molar-refractivity contribution in [2.75, 3.05) is 18.2 Å². The minimum Gasteiger partial charge on any atom is -0.277 e. The van der Waals surface area contributed by atoms with Crippen LogP contribution in [0.3, 0.4) is 0 Å². The molecule has 2 heterocycles. The Morgan fingerprint density at radius 3 is 2.44 bits per heavy atom. The molecule has 1 aromatic carbocycles. The molecule has 2 saturated heterocycles. The van der Waals surface area contributed by atoms with Crippen molar-refractivity contribution in [3.8, 4) is 0 Å². The van der Waals surface area contributed by atoms with Crippen LogP contribution in [0.1, 0.15) is 44.1 Å². The third-order valence-electron chi connectivity index (χ3n) is 6.33. The van der Waals surface area contributed by atoms with Crippen LogP contribution < -0.4 is 0 Å². The van der Waals surface area contributed by atoms with Crippen LogP contribution in [0.2, 0.25) is 0 Å². The molecule has 1 spiro atoms. The van der Waals surface area contributed by atoms with Crippen molar-refractivity contribution in [1.29, 1.82) is 0 Å². The van der Waals surface area contributed by atoms with Crippen molar-refractivity contribution < 1.29 is 18.0 Å². The highest BCUT2D eigenvalue weighted by atomic mass is 32.2. The Balaban J connectivity index is 1.55. The summed E-state index contributed by atoms with van der Waals surface area (Å²) in [5, 5.41) is 0. The Labute approximate surface area is 160 Å². The number of sulfone groups is 1. The lowest BCUT2D eigenvalue weighted by Gasteiger charge is -2.32. The van der Waals surface area contributed by atoms with Gasteiger partial charge < -0.3 is 0 Å².